The molecule has 1 amide bonds. The van der Waals surface area contributed by atoms with Gasteiger partial charge in [0.25, 0.3) is 0 Å². The second kappa shape index (κ2) is 10.4. The summed E-state index contributed by atoms with van der Waals surface area (Å²) >= 11 is 0. The van der Waals surface area contributed by atoms with Crippen molar-refractivity contribution in [2.45, 2.75) is 45.3 Å². The molecule has 150 valence electrons. The molecule has 0 aliphatic carbocycles. The van der Waals surface area contributed by atoms with E-state index in [0.29, 0.717) is 12.5 Å². The Morgan fingerprint density at radius 1 is 1.00 bits per heavy atom. The number of benzene rings is 2. The van der Waals surface area contributed by atoms with Gasteiger partial charge in [-0.25, -0.2) is 0 Å². The summed E-state index contributed by atoms with van der Waals surface area (Å²) < 4.78 is 0. The van der Waals surface area contributed by atoms with Gasteiger partial charge in [0.15, 0.2) is 0 Å². The molecule has 1 aliphatic heterocycles. The number of hydrogen-bond donors (Lipinski definition) is 2. The van der Waals surface area contributed by atoms with Crippen molar-refractivity contribution in [2.75, 3.05) is 19.6 Å². The van der Waals surface area contributed by atoms with Gasteiger partial charge < -0.3 is 10.6 Å². The lowest BCUT2D eigenvalue weighted by Crippen LogP contribution is -2.47. The molecule has 28 heavy (non-hydrogen) atoms. The van der Waals surface area contributed by atoms with E-state index in [4.69, 9.17) is 0 Å². The van der Waals surface area contributed by atoms with Crippen molar-refractivity contribution in [1.29, 1.82) is 0 Å². The summed E-state index contributed by atoms with van der Waals surface area (Å²) in [5.74, 6) is 0.527. The Balaban J connectivity index is 1.40. The molecule has 3 rings (SSSR count). The average molecular weight is 380 g/mol. The van der Waals surface area contributed by atoms with Crippen LogP contribution in [0, 0.1) is 5.92 Å². The van der Waals surface area contributed by atoms with Crippen molar-refractivity contribution in [1.82, 2.24) is 15.5 Å². The molecule has 2 aromatic rings. The van der Waals surface area contributed by atoms with Gasteiger partial charge in [-0.15, -0.1) is 0 Å². The molecule has 0 unspecified atom stereocenters. The number of carbonyl (C=O) groups is 1. The molecule has 4 nitrogen and oxygen atoms in total. The predicted octanol–water partition coefficient (Wildman–Crippen LogP) is 3.75. The molecule has 0 radical (unpaired) electrons. The Bertz CT molecular complexity index is 709. The molecule has 4 heteroatoms. The molecule has 1 atom stereocenters. The first kappa shape index (κ1) is 20.6. The van der Waals surface area contributed by atoms with Crippen molar-refractivity contribution in [3.63, 3.8) is 0 Å². The average Bonchev–Trinajstić information content (AvgIpc) is 2.71. The minimum atomic E-state index is 0.100. The van der Waals surface area contributed by atoms with E-state index in [0.717, 1.165) is 32.5 Å². The first-order valence-electron chi connectivity index (χ1n) is 10.5. The third-order valence-electron chi connectivity index (χ3n) is 5.51. The van der Waals surface area contributed by atoms with Gasteiger partial charge in [0.2, 0.25) is 5.91 Å². The minimum Gasteiger partial charge on any atom is -0.352 e. The molecule has 1 saturated heterocycles. The minimum absolute atomic E-state index is 0.100. The maximum Gasteiger partial charge on any atom is 0.234 e. The van der Waals surface area contributed by atoms with Gasteiger partial charge in [0, 0.05) is 31.7 Å². The van der Waals surface area contributed by atoms with Crippen LogP contribution in [-0.4, -0.2) is 36.5 Å². The summed E-state index contributed by atoms with van der Waals surface area (Å²) in [4.78, 5) is 14.9. The lowest BCUT2D eigenvalue weighted by molar-refractivity contribution is -0.121. The highest BCUT2D eigenvalue weighted by Gasteiger charge is 2.22. The number of rotatable bonds is 8. The highest BCUT2D eigenvalue weighted by molar-refractivity contribution is 5.78. The number of nitrogens with one attached hydrogen (secondary N) is 2. The van der Waals surface area contributed by atoms with E-state index >= 15 is 0 Å². The summed E-state index contributed by atoms with van der Waals surface area (Å²) in [6.45, 7) is 7.80. The van der Waals surface area contributed by atoms with E-state index in [9.17, 15) is 4.79 Å². The normalized spacial score (nSPS) is 16.8. The number of nitrogens with zero attached hydrogens (tertiary/aromatic N) is 1. The Hall–Kier alpha value is -2.17. The highest BCUT2D eigenvalue weighted by Crippen LogP contribution is 2.21. The summed E-state index contributed by atoms with van der Waals surface area (Å²) in [5, 5.41) is 6.66. The summed E-state index contributed by atoms with van der Waals surface area (Å²) in [7, 11) is 0. The van der Waals surface area contributed by atoms with Crippen LogP contribution >= 0.6 is 0 Å². The smallest absolute Gasteiger partial charge is 0.234 e. The van der Waals surface area contributed by atoms with Crippen LogP contribution in [0.3, 0.4) is 0 Å². The van der Waals surface area contributed by atoms with Crippen LogP contribution in [0.15, 0.2) is 60.7 Å². The Morgan fingerprint density at radius 3 is 2.21 bits per heavy atom. The van der Waals surface area contributed by atoms with Crippen LogP contribution in [0.25, 0.3) is 0 Å². The zero-order chi connectivity index (χ0) is 19.8. The fourth-order valence-electron chi connectivity index (χ4n) is 3.96. The molecule has 0 saturated carbocycles. The lowest BCUT2D eigenvalue weighted by Gasteiger charge is -2.32. The number of hydrogen-bond acceptors (Lipinski definition) is 3. The van der Waals surface area contributed by atoms with Crippen molar-refractivity contribution < 1.29 is 4.79 Å². The van der Waals surface area contributed by atoms with E-state index in [2.05, 4.69) is 84.0 Å². The predicted molar refractivity (Wildman–Crippen MR) is 115 cm³/mol. The SMILES string of the molecule is CC(C)[C@H](NCC(=O)NC1CCN(Cc2ccccc2)CC1)c1ccccc1. The standard InChI is InChI=1S/C24H33N3O/c1-19(2)24(21-11-7-4-8-12-21)25-17-23(28)26-22-13-15-27(16-14-22)18-20-9-5-3-6-10-20/h3-12,19,22,24-25H,13-18H2,1-2H3,(H,26,28)/t24-/m0/s1. The molecule has 0 bridgehead atoms. The second-order valence-electron chi connectivity index (χ2n) is 8.12. The van der Waals surface area contributed by atoms with Crippen LogP contribution in [0.1, 0.15) is 43.9 Å². The molecule has 1 fully saturated rings. The third-order valence-corrected chi connectivity index (χ3v) is 5.51. The molecule has 2 aromatic carbocycles. The first-order valence-corrected chi connectivity index (χ1v) is 10.5. The van der Waals surface area contributed by atoms with Gasteiger partial charge in [-0.2, -0.15) is 0 Å². The van der Waals surface area contributed by atoms with Gasteiger partial charge >= 0.3 is 0 Å². The molecular formula is C24H33N3O. The Morgan fingerprint density at radius 2 is 1.61 bits per heavy atom. The van der Waals surface area contributed by atoms with Crippen LogP contribution in [-0.2, 0) is 11.3 Å². The fraction of sp³-hybridized carbons (Fsp3) is 0.458. The van der Waals surface area contributed by atoms with Crippen molar-refractivity contribution in [3.8, 4) is 0 Å². The molecule has 0 spiro atoms. The van der Waals surface area contributed by atoms with E-state index in [1.807, 2.05) is 6.07 Å². The Labute approximate surface area is 169 Å². The van der Waals surface area contributed by atoms with Crippen molar-refractivity contribution in [3.05, 3.63) is 71.8 Å². The zero-order valence-corrected chi connectivity index (χ0v) is 17.1. The molecule has 0 aromatic heterocycles. The quantitative estimate of drug-likeness (QED) is 0.734. The number of carbonyl (C=O) groups excluding carboxylic acids is 1. The van der Waals surface area contributed by atoms with Crippen LogP contribution in [0.4, 0.5) is 0 Å². The first-order chi connectivity index (χ1) is 13.6. The number of likely N-dealkylation sites (tertiary alicyclic amines) is 1. The lowest BCUT2D eigenvalue weighted by atomic mass is 9.96. The zero-order valence-electron chi connectivity index (χ0n) is 17.1. The van der Waals surface area contributed by atoms with Crippen LogP contribution in [0.2, 0.25) is 0 Å². The molecule has 1 aliphatic rings. The fourth-order valence-corrected chi connectivity index (χ4v) is 3.96. The maximum absolute atomic E-state index is 12.5. The van der Waals surface area contributed by atoms with E-state index in [-0.39, 0.29) is 18.0 Å². The number of piperidine rings is 1. The summed E-state index contributed by atoms with van der Waals surface area (Å²) in [5.41, 5.74) is 2.59. The monoisotopic (exact) mass is 379 g/mol. The molecular weight excluding hydrogens is 346 g/mol. The molecule has 1 heterocycles. The van der Waals surface area contributed by atoms with Crippen molar-refractivity contribution >= 4 is 5.91 Å². The molecule has 2 N–H and O–H groups in total. The summed E-state index contributed by atoms with van der Waals surface area (Å²) in [6, 6.07) is 21.5. The third kappa shape index (κ3) is 6.18. The second-order valence-corrected chi connectivity index (χ2v) is 8.12. The van der Waals surface area contributed by atoms with E-state index in [1.54, 1.807) is 0 Å². The van der Waals surface area contributed by atoms with Gasteiger partial charge in [0.1, 0.15) is 0 Å². The van der Waals surface area contributed by atoms with E-state index < -0.39 is 0 Å². The van der Waals surface area contributed by atoms with E-state index in [1.165, 1.54) is 11.1 Å². The van der Waals surface area contributed by atoms with Crippen LogP contribution in [0.5, 0.6) is 0 Å². The van der Waals surface area contributed by atoms with Gasteiger partial charge in [-0.1, -0.05) is 74.5 Å². The Kier molecular flexibility index (Phi) is 7.63. The van der Waals surface area contributed by atoms with Gasteiger partial charge in [0.05, 0.1) is 6.54 Å². The largest absolute Gasteiger partial charge is 0.352 e. The highest BCUT2D eigenvalue weighted by atomic mass is 16.2. The van der Waals surface area contributed by atoms with Gasteiger partial charge in [-0.05, 0) is 29.9 Å². The number of amides is 1. The maximum atomic E-state index is 12.5. The van der Waals surface area contributed by atoms with Crippen LogP contribution < -0.4 is 10.6 Å². The topological polar surface area (TPSA) is 44.4 Å². The van der Waals surface area contributed by atoms with Crippen molar-refractivity contribution in [2.24, 2.45) is 5.92 Å². The summed E-state index contributed by atoms with van der Waals surface area (Å²) in [6.07, 6.45) is 2.04. The van der Waals surface area contributed by atoms with Gasteiger partial charge in [-0.3, -0.25) is 9.69 Å².